The van der Waals surface area contributed by atoms with Crippen LogP contribution in [0.3, 0.4) is 0 Å². The van der Waals surface area contributed by atoms with Gasteiger partial charge < -0.3 is 11.1 Å². The number of nitrogens with one attached hydrogen (secondary N) is 1. The van der Waals surface area contributed by atoms with E-state index in [0.717, 1.165) is 35.9 Å². The van der Waals surface area contributed by atoms with Crippen molar-refractivity contribution in [2.75, 3.05) is 11.5 Å². The summed E-state index contributed by atoms with van der Waals surface area (Å²) < 4.78 is 0. The van der Waals surface area contributed by atoms with Crippen molar-refractivity contribution >= 4 is 45.0 Å². The Morgan fingerprint density at radius 1 is 1.38 bits per heavy atom. The zero-order chi connectivity index (χ0) is 14.4. The van der Waals surface area contributed by atoms with Gasteiger partial charge in [0.15, 0.2) is 5.16 Å². The minimum absolute atomic E-state index is 0.0541. The summed E-state index contributed by atoms with van der Waals surface area (Å²) in [4.78, 5) is 23.0. The molecule has 2 aliphatic carbocycles. The highest BCUT2D eigenvalue weighted by molar-refractivity contribution is 7.99. The van der Waals surface area contributed by atoms with Gasteiger partial charge in [-0.05, 0) is 37.7 Å². The minimum Gasteiger partial charge on any atom is -0.383 e. The molecule has 0 unspecified atom stereocenters. The second-order valence-electron chi connectivity index (χ2n) is 5.56. The van der Waals surface area contributed by atoms with E-state index in [9.17, 15) is 4.79 Å². The number of amides is 1. The zero-order valence-electron chi connectivity index (χ0n) is 11.5. The smallest absolute Gasteiger partial charge is 0.230 e. The molecule has 0 saturated heterocycles. The Balaban J connectivity index is 1.54. The van der Waals surface area contributed by atoms with Crippen LogP contribution in [0.15, 0.2) is 5.16 Å². The molecule has 0 bridgehead atoms. The van der Waals surface area contributed by atoms with E-state index in [1.54, 1.807) is 11.3 Å². The molecule has 1 saturated carbocycles. The van der Waals surface area contributed by atoms with Crippen LogP contribution in [-0.4, -0.2) is 27.7 Å². The van der Waals surface area contributed by atoms with E-state index >= 15 is 0 Å². The van der Waals surface area contributed by atoms with Crippen molar-refractivity contribution in [3.05, 3.63) is 10.4 Å². The van der Waals surface area contributed by atoms with E-state index in [0.29, 0.717) is 22.8 Å². The highest BCUT2D eigenvalue weighted by atomic mass is 32.2. The molecule has 5 nitrogen and oxygen atoms in total. The Hall–Kier alpha value is -1.34. The summed E-state index contributed by atoms with van der Waals surface area (Å²) in [6.07, 6.45) is 5.62. The van der Waals surface area contributed by atoms with E-state index in [4.69, 9.17) is 5.73 Å². The first kappa shape index (κ1) is 13.3. The van der Waals surface area contributed by atoms with Gasteiger partial charge in [0.2, 0.25) is 5.91 Å². The first-order chi connectivity index (χ1) is 10.2. The summed E-state index contributed by atoms with van der Waals surface area (Å²) in [6.45, 7) is 0. The molecule has 2 aromatic heterocycles. The molecule has 0 spiro atoms. The van der Waals surface area contributed by atoms with Crippen LogP contribution in [-0.2, 0) is 17.6 Å². The minimum atomic E-state index is 0.0541. The Morgan fingerprint density at radius 3 is 3.05 bits per heavy atom. The maximum absolute atomic E-state index is 11.7. The normalized spacial score (nSPS) is 17.1. The molecule has 0 aliphatic heterocycles. The Kier molecular flexibility index (Phi) is 3.26. The van der Waals surface area contributed by atoms with Gasteiger partial charge in [-0.15, -0.1) is 11.3 Å². The number of hydrogen-bond donors (Lipinski definition) is 2. The highest BCUT2D eigenvalue weighted by Crippen LogP contribution is 2.39. The predicted octanol–water partition coefficient (Wildman–Crippen LogP) is 2.13. The average Bonchev–Trinajstić information content (AvgIpc) is 3.01. The fourth-order valence-electron chi connectivity index (χ4n) is 2.70. The summed E-state index contributed by atoms with van der Waals surface area (Å²) in [6, 6.07) is 0.395. The lowest BCUT2D eigenvalue weighted by Crippen LogP contribution is -2.27. The number of aryl methyl sites for hydroxylation is 2. The third-order valence-electron chi connectivity index (χ3n) is 3.85. The Morgan fingerprint density at radius 2 is 2.24 bits per heavy atom. The first-order valence-electron chi connectivity index (χ1n) is 7.20. The molecular weight excluding hydrogens is 304 g/mol. The standard InChI is InChI=1S/C14H16N4OS2/c15-12-11-8-2-1-3-9(8)21-13(11)18-14(17-12)20-6-10(19)16-7-4-5-7/h7H,1-6H2,(H,16,19)(H2,15,17,18). The summed E-state index contributed by atoms with van der Waals surface area (Å²) in [5.41, 5.74) is 7.46. The van der Waals surface area contributed by atoms with Gasteiger partial charge in [0, 0.05) is 10.9 Å². The maximum Gasteiger partial charge on any atom is 0.230 e. The number of anilines is 1. The molecule has 1 amide bonds. The second kappa shape index (κ2) is 5.14. The van der Waals surface area contributed by atoms with Crippen LogP contribution >= 0.6 is 23.1 Å². The van der Waals surface area contributed by atoms with Crippen LogP contribution in [0, 0.1) is 0 Å². The number of hydrogen-bond acceptors (Lipinski definition) is 6. The fraction of sp³-hybridized carbons (Fsp3) is 0.500. The largest absolute Gasteiger partial charge is 0.383 e. The number of fused-ring (bicyclic) bond motifs is 3. The molecule has 21 heavy (non-hydrogen) atoms. The third kappa shape index (κ3) is 2.60. The Bertz CT molecular complexity index is 723. The number of thioether (sulfide) groups is 1. The molecule has 110 valence electrons. The van der Waals surface area contributed by atoms with E-state index in [-0.39, 0.29) is 5.91 Å². The molecule has 2 heterocycles. The van der Waals surface area contributed by atoms with Crippen molar-refractivity contribution < 1.29 is 4.79 Å². The zero-order valence-corrected chi connectivity index (χ0v) is 13.1. The predicted molar refractivity (Wildman–Crippen MR) is 85.7 cm³/mol. The molecule has 0 radical (unpaired) electrons. The van der Waals surface area contributed by atoms with E-state index in [1.165, 1.54) is 28.6 Å². The molecule has 2 aromatic rings. The van der Waals surface area contributed by atoms with Gasteiger partial charge in [-0.2, -0.15) is 0 Å². The summed E-state index contributed by atoms with van der Waals surface area (Å²) in [5.74, 6) is 0.968. The maximum atomic E-state index is 11.7. The van der Waals surface area contributed by atoms with Crippen molar-refractivity contribution in [1.82, 2.24) is 15.3 Å². The van der Waals surface area contributed by atoms with Crippen LogP contribution in [0.4, 0.5) is 5.82 Å². The van der Waals surface area contributed by atoms with Crippen molar-refractivity contribution in [2.45, 2.75) is 43.3 Å². The molecule has 2 aliphatic rings. The average molecular weight is 320 g/mol. The number of carbonyl (C=O) groups excluding carboxylic acids is 1. The van der Waals surface area contributed by atoms with Crippen LogP contribution in [0.2, 0.25) is 0 Å². The van der Waals surface area contributed by atoms with Gasteiger partial charge in [0.05, 0.1) is 11.1 Å². The van der Waals surface area contributed by atoms with E-state index in [2.05, 4.69) is 15.3 Å². The van der Waals surface area contributed by atoms with E-state index in [1.807, 2.05) is 0 Å². The van der Waals surface area contributed by atoms with Gasteiger partial charge in [-0.1, -0.05) is 11.8 Å². The van der Waals surface area contributed by atoms with Gasteiger partial charge in [-0.25, -0.2) is 9.97 Å². The van der Waals surface area contributed by atoms with Gasteiger partial charge in [0.1, 0.15) is 10.6 Å². The number of carbonyl (C=O) groups is 1. The third-order valence-corrected chi connectivity index (χ3v) is 5.88. The highest BCUT2D eigenvalue weighted by Gasteiger charge is 2.24. The van der Waals surface area contributed by atoms with Gasteiger partial charge in [0.25, 0.3) is 0 Å². The number of nitrogens with two attached hydrogens (primary N) is 1. The molecule has 7 heteroatoms. The SMILES string of the molecule is Nc1nc(SCC(=O)NC2CC2)nc2sc3c(c12)CCC3. The quantitative estimate of drug-likeness (QED) is 0.666. The molecule has 4 rings (SSSR count). The monoisotopic (exact) mass is 320 g/mol. The molecular formula is C14H16N4OS2. The van der Waals surface area contributed by atoms with Crippen LogP contribution in [0.25, 0.3) is 10.2 Å². The van der Waals surface area contributed by atoms with Crippen LogP contribution in [0.5, 0.6) is 0 Å². The van der Waals surface area contributed by atoms with Crippen LogP contribution < -0.4 is 11.1 Å². The summed E-state index contributed by atoms with van der Waals surface area (Å²) in [7, 11) is 0. The number of nitrogen functional groups attached to an aromatic ring is 1. The van der Waals surface area contributed by atoms with E-state index < -0.39 is 0 Å². The summed E-state index contributed by atoms with van der Waals surface area (Å²) in [5, 5.41) is 4.61. The second-order valence-corrected chi connectivity index (χ2v) is 7.59. The lowest BCUT2D eigenvalue weighted by molar-refractivity contribution is -0.118. The Labute approximate surface area is 130 Å². The topological polar surface area (TPSA) is 80.9 Å². The number of rotatable bonds is 4. The number of aromatic nitrogens is 2. The van der Waals surface area contributed by atoms with Crippen molar-refractivity contribution in [1.29, 1.82) is 0 Å². The van der Waals surface area contributed by atoms with Crippen LogP contribution in [0.1, 0.15) is 29.7 Å². The fourth-order valence-corrected chi connectivity index (χ4v) is 4.68. The molecule has 0 atom stereocenters. The lowest BCUT2D eigenvalue weighted by Gasteiger charge is -2.04. The molecule has 3 N–H and O–H groups in total. The summed E-state index contributed by atoms with van der Waals surface area (Å²) >= 11 is 3.09. The molecule has 1 fully saturated rings. The van der Waals surface area contributed by atoms with Gasteiger partial charge >= 0.3 is 0 Å². The molecule has 0 aromatic carbocycles. The van der Waals surface area contributed by atoms with Crippen molar-refractivity contribution in [3.63, 3.8) is 0 Å². The lowest BCUT2D eigenvalue weighted by atomic mass is 10.2. The van der Waals surface area contributed by atoms with Crippen molar-refractivity contribution in [2.24, 2.45) is 0 Å². The number of nitrogens with zero attached hydrogens (tertiary/aromatic N) is 2. The van der Waals surface area contributed by atoms with Crippen molar-refractivity contribution in [3.8, 4) is 0 Å². The number of thiophene rings is 1. The van der Waals surface area contributed by atoms with Gasteiger partial charge in [-0.3, -0.25) is 4.79 Å². The first-order valence-corrected chi connectivity index (χ1v) is 9.01.